The summed E-state index contributed by atoms with van der Waals surface area (Å²) in [7, 11) is 0. The zero-order valence-electron chi connectivity index (χ0n) is 14.4. The van der Waals surface area contributed by atoms with Crippen LogP contribution in [0.15, 0.2) is 22.8 Å². The van der Waals surface area contributed by atoms with Crippen molar-refractivity contribution in [2.75, 3.05) is 26.2 Å². The van der Waals surface area contributed by atoms with Gasteiger partial charge < -0.3 is 14.2 Å². The molecule has 5 nitrogen and oxygen atoms in total. The van der Waals surface area contributed by atoms with E-state index in [0.29, 0.717) is 31.8 Å². The molecule has 1 saturated carbocycles. The highest BCUT2D eigenvalue weighted by Gasteiger charge is 2.24. The van der Waals surface area contributed by atoms with Crippen LogP contribution in [0.3, 0.4) is 0 Å². The predicted molar refractivity (Wildman–Crippen MR) is 91.6 cm³/mol. The molecule has 1 aromatic rings. The summed E-state index contributed by atoms with van der Waals surface area (Å²) in [6.07, 6.45) is 10.6. The summed E-state index contributed by atoms with van der Waals surface area (Å²) in [6, 6.07) is 3.42. The fourth-order valence-corrected chi connectivity index (χ4v) is 3.89. The topological polar surface area (TPSA) is 53.8 Å². The molecule has 2 amide bonds. The number of carbonyl (C=O) groups excluding carboxylic acids is 2. The molecule has 5 heteroatoms. The Balaban J connectivity index is 1.46. The van der Waals surface area contributed by atoms with Crippen LogP contribution in [0.2, 0.25) is 0 Å². The lowest BCUT2D eigenvalue weighted by molar-refractivity contribution is -0.131. The van der Waals surface area contributed by atoms with Gasteiger partial charge in [-0.1, -0.05) is 32.1 Å². The highest BCUT2D eigenvalue weighted by Crippen LogP contribution is 2.27. The Morgan fingerprint density at radius 2 is 1.75 bits per heavy atom. The van der Waals surface area contributed by atoms with E-state index in [1.807, 2.05) is 4.90 Å². The lowest BCUT2D eigenvalue weighted by Crippen LogP contribution is -2.37. The molecular formula is C19H28N2O3. The van der Waals surface area contributed by atoms with Gasteiger partial charge in [-0.2, -0.15) is 0 Å². The number of carbonyl (C=O) groups is 2. The van der Waals surface area contributed by atoms with Crippen LogP contribution < -0.4 is 0 Å². The van der Waals surface area contributed by atoms with Gasteiger partial charge in [0.15, 0.2) is 5.76 Å². The van der Waals surface area contributed by atoms with Crippen molar-refractivity contribution in [1.82, 2.24) is 9.80 Å². The van der Waals surface area contributed by atoms with Crippen LogP contribution in [0, 0.1) is 5.92 Å². The second-order valence-corrected chi connectivity index (χ2v) is 7.05. The number of rotatable bonds is 4. The molecule has 0 spiro atoms. The SMILES string of the molecule is O=C(CCC1CCCCC1)N1CCCN(C(=O)c2ccco2)CC1. The number of furan rings is 1. The first-order valence-corrected chi connectivity index (χ1v) is 9.34. The highest BCUT2D eigenvalue weighted by atomic mass is 16.3. The highest BCUT2D eigenvalue weighted by molar-refractivity contribution is 5.91. The molecule has 0 aromatic carbocycles. The number of amides is 2. The van der Waals surface area contributed by atoms with Crippen LogP contribution in [0.4, 0.5) is 0 Å². The Kier molecular flexibility index (Phi) is 5.94. The van der Waals surface area contributed by atoms with Crippen molar-refractivity contribution < 1.29 is 14.0 Å². The van der Waals surface area contributed by atoms with Gasteiger partial charge in [-0.3, -0.25) is 9.59 Å². The van der Waals surface area contributed by atoms with E-state index < -0.39 is 0 Å². The van der Waals surface area contributed by atoms with Gasteiger partial charge in [0.2, 0.25) is 5.91 Å². The first-order chi connectivity index (χ1) is 11.7. The molecule has 132 valence electrons. The molecule has 1 aromatic heterocycles. The average molecular weight is 332 g/mol. The maximum Gasteiger partial charge on any atom is 0.289 e. The van der Waals surface area contributed by atoms with Crippen molar-refractivity contribution in [3.63, 3.8) is 0 Å². The summed E-state index contributed by atoms with van der Waals surface area (Å²) in [5.74, 6) is 1.31. The molecule has 0 N–H and O–H groups in total. The lowest BCUT2D eigenvalue weighted by Gasteiger charge is -2.24. The fourth-order valence-electron chi connectivity index (χ4n) is 3.89. The predicted octanol–water partition coefficient (Wildman–Crippen LogP) is 3.31. The van der Waals surface area contributed by atoms with E-state index in [2.05, 4.69) is 0 Å². The van der Waals surface area contributed by atoms with Crippen molar-refractivity contribution in [2.24, 2.45) is 5.92 Å². The van der Waals surface area contributed by atoms with Gasteiger partial charge >= 0.3 is 0 Å². The number of hydrogen-bond acceptors (Lipinski definition) is 3. The monoisotopic (exact) mass is 332 g/mol. The normalized spacial score (nSPS) is 20.0. The molecule has 0 unspecified atom stereocenters. The largest absolute Gasteiger partial charge is 0.459 e. The van der Waals surface area contributed by atoms with E-state index >= 15 is 0 Å². The summed E-state index contributed by atoms with van der Waals surface area (Å²) >= 11 is 0. The molecule has 24 heavy (non-hydrogen) atoms. The molecular weight excluding hydrogens is 304 g/mol. The molecule has 2 fully saturated rings. The average Bonchev–Trinajstić information content (AvgIpc) is 3.04. The second-order valence-electron chi connectivity index (χ2n) is 7.05. The van der Waals surface area contributed by atoms with Crippen LogP contribution in [0.25, 0.3) is 0 Å². The van der Waals surface area contributed by atoms with Crippen molar-refractivity contribution in [2.45, 2.75) is 51.4 Å². The van der Waals surface area contributed by atoms with E-state index in [1.165, 1.54) is 38.4 Å². The minimum atomic E-state index is -0.0727. The summed E-state index contributed by atoms with van der Waals surface area (Å²) in [4.78, 5) is 28.6. The van der Waals surface area contributed by atoms with Gasteiger partial charge in [0.1, 0.15) is 0 Å². The minimum Gasteiger partial charge on any atom is -0.459 e. The Morgan fingerprint density at radius 3 is 2.50 bits per heavy atom. The van der Waals surface area contributed by atoms with Crippen LogP contribution in [0.1, 0.15) is 61.9 Å². The Morgan fingerprint density at radius 1 is 1.00 bits per heavy atom. The van der Waals surface area contributed by atoms with Crippen molar-refractivity contribution in [3.05, 3.63) is 24.2 Å². The van der Waals surface area contributed by atoms with E-state index in [-0.39, 0.29) is 11.8 Å². The molecule has 1 aliphatic carbocycles. The Bertz CT molecular complexity index is 535. The van der Waals surface area contributed by atoms with Crippen molar-refractivity contribution >= 4 is 11.8 Å². The standard InChI is InChI=1S/C19H28N2O3/c22-18(10-9-16-6-2-1-3-7-16)20-11-5-12-21(14-13-20)19(23)17-8-4-15-24-17/h4,8,15-16H,1-3,5-7,9-14H2. The zero-order valence-corrected chi connectivity index (χ0v) is 14.4. The van der Waals surface area contributed by atoms with Gasteiger partial charge in [-0.25, -0.2) is 0 Å². The smallest absolute Gasteiger partial charge is 0.289 e. The first kappa shape index (κ1) is 17.1. The van der Waals surface area contributed by atoms with Crippen LogP contribution >= 0.6 is 0 Å². The van der Waals surface area contributed by atoms with Gasteiger partial charge in [0.05, 0.1) is 6.26 Å². The zero-order chi connectivity index (χ0) is 16.8. The summed E-state index contributed by atoms with van der Waals surface area (Å²) in [6.45, 7) is 2.67. The quantitative estimate of drug-likeness (QED) is 0.850. The molecule has 1 saturated heterocycles. The van der Waals surface area contributed by atoms with Crippen LogP contribution in [-0.2, 0) is 4.79 Å². The molecule has 0 bridgehead atoms. The maximum atomic E-state index is 12.5. The number of nitrogens with zero attached hydrogens (tertiary/aromatic N) is 2. The van der Waals surface area contributed by atoms with E-state index in [1.54, 1.807) is 17.0 Å². The fraction of sp³-hybridized carbons (Fsp3) is 0.684. The minimum absolute atomic E-state index is 0.0727. The molecule has 3 rings (SSSR count). The van der Waals surface area contributed by atoms with Crippen molar-refractivity contribution in [3.8, 4) is 0 Å². The number of hydrogen-bond donors (Lipinski definition) is 0. The van der Waals surface area contributed by atoms with E-state index in [4.69, 9.17) is 4.42 Å². The van der Waals surface area contributed by atoms with Gasteiger partial charge in [0, 0.05) is 32.6 Å². The van der Waals surface area contributed by atoms with Gasteiger partial charge in [-0.05, 0) is 30.9 Å². The third kappa shape index (κ3) is 4.40. The molecule has 0 radical (unpaired) electrons. The maximum absolute atomic E-state index is 12.5. The Labute approximate surface area is 144 Å². The Hall–Kier alpha value is -1.78. The summed E-state index contributed by atoms with van der Waals surface area (Å²) in [5.41, 5.74) is 0. The summed E-state index contributed by atoms with van der Waals surface area (Å²) in [5, 5.41) is 0. The third-order valence-corrected chi connectivity index (χ3v) is 5.36. The third-order valence-electron chi connectivity index (χ3n) is 5.36. The van der Waals surface area contributed by atoms with Crippen molar-refractivity contribution in [1.29, 1.82) is 0 Å². The molecule has 2 heterocycles. The van der Waals surface area contributed by atoms with E-state index in [0.717, 1.165) is 25.3 Å². The van der Waals surface area contributed by atoms with E-state index in [9.17, 15) is 9.59 Å². The molecule has 2 aliphatic rings. The second kappa shape index (κ2) is 8.36. The van der Waals surface area contributed by atoms with Crippen LogP contribution in [0.5, 0.6) is 0 Å². The first-order valence-electron chi connectivity index (χ1n) is 9.34. The van der Waals surface area contributed by atoms with Crippen LogP contribution in [-0.4, -0.2) is 47.8 Å². The molecule has 0 atom stereocenters. The van der Waals surface area contributed by atoms with Gasteiger partial charge in [-0.15, -0.1) is 0 Å². The summed E-state index contributed by atoms with van der Waals surface area (Å²) < 4.78 is 5.20. The lowest BCUT2D eigenvalue weighted by atomic mass is 9.86. The van der Waals surface area contributed by atoms with Gasteiger partial charge in [0.25, 0.3) is 5.91 Å². The molecule has 1 aliphatic heterocycles.